The monoisotopic (exact) mass is 543 g/mol. The van der Waals surface area contributed by atoms with E-state index in [1.54, 1.807) is 27.4 Å². The second kappa shape index (κ2) is 19.4. The van der Waals surface area contributed by atoms with Gasteiger partial charge >= 0.3 is 8.80 Å². The molecule has 1 aromatic carbocycles. The van der Waals surface area contributed by atoms with Crippen LogP contribution in [-0.2, 0) is 13.3 Å². The lowest BCUT2D eigenvalue weighted by molar-refractivity contribution is 0.122. The minimum atomic E-state index is -2.42. The molecule has 0 unspecified atom stereocenters. The van der Waals surface area contributed by atoms with Gasteiger partial charge in [0, 0.05) is 33.4 Å². The molecule has 5 nitrogen and oxygen atoms in total. The predicted octanol–water partition coefficient (Wildman–Crippen LogP) is 8.03. The minimum Gasteiger partial charge on any atom is -0.508 e. The molecule has 0 aliphatic rings. The van der Waals surface area contributed by atoms with Crippen molar-refractivity contribution in [1.82, 2.24) is 0 Å². The van der Waals surface area contributed by atoms with E-state index in [9.17, 15) is 5.11 Å². The van der Waals surface area contributed by atoms with Crippen LogP contribution in [0.2, 0.25) is 6.04 Å². The first-order valence-corrected chi connectivity index (χ1v) is 18.7. The number of ether oxygens (including phenoxy) is 1. The maximum Gasteiger partial charge on any atom is 0.500 e. The fourth-order valence-corrected chi connectivity index (χ4v) is 11.9. The first-order chi connectivity index (χ1) is 17.5. The summed E-state index contributed by atoms with van der Waals surface area (Å²) in [5.41, 5.74) is 0. The summed E-state index contributed by atoms with van der Waals surface area (Å²) in [6.45, 7) is 7.62. The highest BCUT2D eigenvalue weighted by Gasteiger charge is 2.41. The van der Waals surface area contributed by atoms with Crippen molar-refractivity contribution in [2.75, 3.05) is 46.4 Å². The lowest BCUT2D eigenvalue weighted by Crippen LogP contribution is -2.42. The highest BCUT2D eigenvalue weighted by Crippen LogP contribution is 2.61. The van der Waals surface area contributed by atoms with Gasteiger partial charge in [0.15, 0.2) is 5.75 Å². The van der Waals surface area contributed by atoms with Gasteiger partial charge in [-0.3, -0.25) is 0 Å². The van der Waals surface area contributed by atoms with Crippen LogP contribution in [0.4, 0.5) is 0 Å². The van der Waals surface area contributed by atoms with E-state index in [-0.39, 0.29) is 0 Å². The van der Waals surface area contributed by atoms with Gasteiger partial charge in [-0.15, -0.1) is 0 Å². The van der Waals surface area contributed by atoms with Crippen molar-refractivity contribution in [3.63, 3.8) is 0 Å². The molecule has 210 valence electrons. The van der Waals surface area contributed by atoms with Gasteiger partial charge in [0.1, 0.15) is 11.1 Å². The molecule has 0 bridgehead atoms. The fraction of sp³-hybridized carbons (Fsp3) is 0.793. The molecular formula is C29H56O5PSi+. The highest BCUT2D eigenvalue weighted by atomic mass is 31.2. The molecule has 0 fully saturated rings. The summed E-state index contributed by atoms with van der Waals surface area (Å²) in [6, 6.07) is 6.76. The average Bonchev–Trinajstić information content (AvgIpc) is 2.91. The van der Waals surface area contributed by atoms with Crippen LogP contribution in [-0.4, -0.2) is 60.3 Å². The zero-order chi connectivity index (χ0) is 26.7. The number of aromatic hydroxyl groups is 1. The van der Waals surface area contributed by atoms with Crippen molar-refractivity contribution in [2.24, 2.45) is 0 Å². The van der Waals surface area contributed by atoms with E-state index in [4.69, 9.17) is 18.0 Å². The van der Waals surface area contributed by atoms with Gasteiger partial charge in [0.2, 0.25) is 0 Å². The second-order valence-electron chi connectivity index (χ2n) is 10.0. The number of benzene rings is 1. The first kappa shape index (κ1) is 33.4. The third kappa shape index (κ3) is 11.4. The van der Waals surface area contributed by atoms with Crippen molar-refractivity contribution < 1.29 is 23.1 Å². The molecule has 1 aromatic rings. The molecule has 0 aliphatic heterocycles. The largest absolute Gasteiger partial charge is 0.508 e. The fourth-order valence-electron chi connectivity index (χ4n) is 4.97. The van der Waals surface area contributed by atoms with Gasteiger partial charge in [-0.05, 0) is 44.2 Å². The zero-order valence-electron chi connectivity index (χ0n) is 24.3. The van der Waals surface area contributed by atoms with Crippen LogP contribution in [0.25, 0.3) is 0 Å². The van der Waals surface area contributed by atoms with E-state index in [1.165, 1.54) is 88.0 Å². The maximum absolute atomic E-state index is 10.4. The Hall–Kier alpha value is -0.653. The zero-order valence-corrected chi connectivity index (χ0v) is 26.2. The van der Waals surface area contributed by atoms with Gasteiger partial charge in [-0.1, -0.05) is 65.7 Å². The van der Waals surface area contributed by atoms with Crippen molar-refractivity contribution in [3.8, 4) is 11.5 Å². The lowest BCUT2D eigenvalue weighted by atomic mass is 10.1. The van der Waals surface area contributed by atoms with Crippen molar-refractivity contribution in [1.29, 1.82) is 0 Å². The molecule has 0 saturated carbocycles. The number of phenolic OH excluding ortho intramolecular Hbond substituents is 1. The smallest absolute Gasteiger partial charge is 0.500 e. The number of phenols is 1. The summed E-state index contributed by atoms with van der Waals surface area (Å²) in [5, 5.41) is 11.8. The van der Waals surface area contributed by atoms with Crippen molar-refractivity contribution in [3.05, 3.63) is 18.2 Å². The Balaban J connectivity index is 2.67. The van der Waals surface area contributed by atoms with Gasteiger partial charge in [-0.2, -0.15) is 0 Å². The summed E-state index contributed by atoms with van der Waals surface area (Å²) >= 11 is 0. The number of hydrogen-bond donors (Lipinski definition) is 1. The summed E-state index contributed by atoms with van der Waals surface area (Å²) in [4.78, 5) is 0. The van der Waals surface area contributed by atoms with Crippen molar-refractivity contribution >= 4 is 21.4 Å². The molecule has 0 aliphatic carbocycles. The second-order valence-corrected chi connectivity index (χ2v) is 17.2. The lowest BCUT2D eigenvalue weighted by Gasteiger charge is -2.29. The van der Waals surface area contributed by atoms with Crippen LogP contribution >= 0.6 is 7.26 Å². The van der Waals surface area contributed by atoms with E-state index < -0.39 is 16.1 Å². The molecule has 1 rings (SSSR count). The Morgan fingerprint density at radius 1 is 0.694 bits per heavy atom. The molecule has 0 heterocycles. The summed E-state index contributed by atoms with van der Waals surface area (Å²) < 4.78 is 23.0. The number of rotatable bonds is 23. The van der Waals surface area contributed by atoms with Crippen LogP contribution in [0.1, 0.15) is 97.8 Å². The molecule has 1 N–H and O–H groups in total. The third-order valence-electron chi connectivity index (χ3n) is 7.34. The molecule has 0 saturated heterocycles. The Morgan fingerprint density at radius 3 is 1.69 bits per heavy atom. The van der Waals surface area contributed by atoms with Gasteiger partial charge in [-0.25, -0.2) is 0 Å². The molecular weight excluding hydrogens is 487 g/mol. The van der Waals surface area contributed by atoms with Gasteiger partial charge in [0.05, 0.1) is 32.4 Å². The molecule has 0 amide bonds. The number of hydrogen-bond acceptors (Lipinski definition) is 5. The van der Waals surface area contributed by atoms with Gasteiger partial charge in [0.25, 0.3) is 0 Å². The van der Waals surface area contributed by atoms with Crippen LogP contribution in [0.3, 0.4) is 0 Å². The summed E-state index contributed by atoms with van der Waals surface area (Å²) in [6.07, 6.45) is 18.2. The van der Waals surface area contributed by atoms with Crippen LogP contribution in [0, 0.1) is 0 Å². The molecule has 0 aromatic heterocycles. The Labute approximate surface area is 224 Å². The SMILES string of the molecule is CCCC[P+](CCCC)(CCCC)c1cc(O)ccc1OCCCCCCCC[Si](OC)(OC)OC. The van der Waals surface area contributed by atoms with Crippen LogP contribution < -0.4 is 10.0 Å². The molecule has 7 heteroatoms. The van der Waals surface area contributed by atoms with E-state index in [2.05, 4.69) is 20.8 Å². The number of unbranched alkanes of at least 4 members (excludes halogenated alkanes) is 8. The topological polar surface area (TPSA) is 57.2 Å². The summed E-state index contributed by atoms with van der Waals surface area (Å²) in [7, 11) is 1.25. The van der Waals surface area contributed by atoms with Crippen molar-refractivity contribution in [2.45, 2.75) is 104 Å². The molecule has 0 radical (unpaired) electrons. The van der Waals surface area contributed by atoms with Gasteiger partial charge < -0.3 is 23.1 Å². The minimum absolute atomic E-state index is 0.383. The van der Waals surface area contributed by atoms with E-state index >= 15 is 0 Å². The van der Waals surface area contributed by atoms with Crippen LogP contribution in [0.5, 0.6) is 11.5 Å². The Morgan fingerprint density at radius 2 is 1.19 bits per heavy atom. The standard InChI is InChI=1S/C29H55O5PSi/c1-7-10-22-35(23-11-8-2,24-12-9-3)29-26-27(30)19-20-28(29)34-21-17-15-13-14-16-18-25-36(31-4,32-5)33-6/h19-20,26H,7-18,21-25H2,1-6H3/p+1. The molecule has 0 atom stereocenters. The maximum atomic E-state index is 10.4. The first-order valence-electron chi connectivity index (χ1n) is 14.4. The average molecular weight is 544 g/mol. The quantitative estimate of drug-likeness (QED) is 0.0860. The van der Waals surface area contributed by atoms with E-state index in [0.717, 1.165) is 31.2 Å². The highest BCUT2D eigenvalue weighted by molar-refractivity contribution is 7.83. The molecule has 0 spiro atoms. The summed E-state index contributed by atoms with van der Waals surface area (Å²) in [5.74, 6) is 1.41. The van der Waals surface area contributed by atoms with Crippen LogP contribution in [0.15, 0.2) is 18.2 Å². The Kier molecular flexibility index (Phi) is 18.0. The third-order valence-corrected chi connectivity index (χ3v) is 15.1. The normalized spacial score (nSPS) is 12.3. The van der Waals surface area contributed by atoms with E-state index in [1.807, 2.05) is 12.1 Å². The van der Waals surface area contributed by atoms with E-state index in [0.29, 0.717) is 5.75 Å². The Bertz CT molecular complexity index is 654. The predicted molar refractivity (Wildman–Crippen MR) is 159 cm³/mol. The molecule has 36 heavy (non-hydrogen) atoms.